The standard InChI is InChI=1S/C33H46Br2O12/c1-30(2)46-22-33(5,23-47-30)29(40)45-21-32(4,27(38)41-17-24-11-7-6-8-12-24)20-44-28(39)31(3,18-42-25(36)13-9-15-34)19-43-26(37)14-10-16-35/h6-8,11-12H,9-10,13-23H2,1-5H3. The summed E-state index contributed by atoms with van der Waals surface area (Å²) in [6, 6.07) is 8.97. The first-order valence-electron chi connectivity index (χ1n) is 15.3. The van der Waals surface area contributed by atoms with Crippen LogP contribution in [0.5, 0.6) is 0 Å². The van der Waals surface area contributed by atoms with Gasteiger partial charge in [0.15, 0.2) is 5.79 Å². The maximum Gasteiger partial charge on any atom is 0.319 e. The van der Waals surface area contributed by atoms with E-state index in [1.165, 1.54) is 13.8 Å². The molecule has 12 nitrogen and oxygen atoms in total. The van der Waals surface area contributed by atoms with Crippen molar-refractivity contribution in [2.24, 2.45) is 16.2 Å². The number of rotatable bonds is 19. The fraction of sp³-hybridized carbons (Fsp3) is 0.667. The van der Waals surface area contributed by atoms with E-state index in [0.717, 1.165) is 5.56 Å². The van der Waals surface area contributed by atoms with Crippen LogP contribution in [0.1, 0.15) is 65.9 Å². The van der Waals surface area contributed by atoms with Gasteiger partial charge in [0.05, 0.1) is 13.2 Å². The molecule has 1 aliphatic rings. The van der Waals surface area contributed by atoms with Crippen molar-refractivity contribution in [1.82, 2.24) is 0 Å². The van der Waals surface area contributed by atoms with Gasteiger partial charge in [-0.3, -0.25) is 24.0 Å². The van der Waals surface area contributed by atoms with E-state index >= 15 is 0 Å². The predicted molar refractivity (Wildman–Crippen MR) is 176 cm³/mol. The third kappa shape index (κ3) is 13.5. The zero-order valence-corrected chi connectivity index (χ0v) is 30.9. The van der Waals surface area contributed by atoms with Crippen molar-refractivity contribution in [3.8, 4) is 0 Å². The molecule has 1 fully saturated rings. The van der Waals surface area contributed by atoms with Gasteiger partial charge in [-0.25, -0.2) is 0 Å². The molecule has 47 heavy (non-hydrogen) atoms. The Balaban J connectivity index is 2.21. The van der Waals surface area contributed by atoms with Gasteiger partial charge in [0, 0.05) is 23.5 Å². The van der Waals surface area contributed by atoms with Crippen LogP contribution in [0.4, 0.5) is 0 Å². The molecule has 0 radical (unpaired) electrons. The molecule has 1 aliphatic heterocycles. The predicted octanol–water partition coefficient (Wildman–Crippen LogP) is 5.05. The summed E-state index contributed by atoms with van der Waals surface area (Å²) in [6.07, 6.45) is 1.28. The lowest BCUT2D eigenvalue weighted by Gasteiger charge is -2.40. The monoisotopic (exact) mass is 792 g/mol. The number of hydrogen-bond acceptors (Lipinski definition) is 12. The lowest BCUT2D eigenvalue weighted by Crippen LogP contribution is -2.51. The molecule has 0 N–H and O–H groups in total. The minimum atomic E-state index is -1.65. The van der Waals surface area contributed by atoms with Crippen molar-refractivity contribution in [1.29, 1.82) is 0 Å². The van der Waals surface area contributed by atoms with Gasteiger partial charge < -0.3 is 33.2 Å². The third-order valence-electron chi connectivity index (χ3n) is 7.34. The van der Waals surface area contributed by atoms with Crippen LogP contribution in [0.3, 0.4) is 0 Å². The van der Waals surface area contributed by atoms with Gasteiger partial charge in [-0.1, -0.05) is 62.2 Å². The Hall–Kier alpha value is -2.55. The highest BCUT2D eigenvalue weighted by Crippen LogP contribution is 2.32. The molecule has 0 bridgehead atoms. The van der Waals surface area contributed by atoms with E-state index in [0.29, 0.717) is 23.5 Å². The van der Waals surface area contributed by atoms with Crippen molar-refractivity contribution >= 4 is 61.7 Å². The minimum absolute atomic E-state index is 0.0318. The summed E-state index contributed by atoms with van der Waals surface area (Å²) in [4.78, 5) is 64.7. The maximum absolute atomic E-state index is 13.6. The van der Waals surface area contributed by atoms with Crippen LogP contribution in [-0.4, -0.2) is 85.9 Å². The van der Waals surface area contributed by atoms with E-state index in [2.05, 4.69) is 31.9 Å². The van der Waals surface area contributed by atoms with Crippen molar-refractivity contribution in [3.05, 3.63) is 35.9 Å². The van der Waals surface area contributed by atoms with Crippen molar-refractivity contribution < 1.29 is 57.1 Å². The van der Waals surface area contributed by atoms with Crippen LogP contribution in [0.2, 0.25) is 0 Å². The van der Waals surface area contributed by atoms with Crippen LogP contribution in [0.15, 0.2) is 30.3 Å². The molecular formula is C33H46Br2O12. The zero-order valence-electron chi connectivity index (χ0n) is 27.7. The average Bonchev–Trinajstić information content (AvgIpc) is 3.06. The number of halogens is 2. The molecule has 1 saturated heterocycles. The molecule has 1 aromatic rings. The van der Waals surface area contributed by atoms with Gasteiger partial charge in [-0.15, -0.1) is 0 Å². The SMILES string of the molecule is CC1(C)OCC(C)(C(=O)OCC(C)(COC(=O)C(C)(COC(=O)CCCBr)COC(=O)CCCBr)C(=O)OCc2ccccc2)CO1. The van der Waals surface area contributed by atoms with Crippen molar-refractivity contribution in [2.45, 2.75) is 72.7 Å². The molecule has 0 aliphatic carbocycles. The van der Waals surface area contributed by atoms with Gasteiger partial charge in [0.1, 0.15) is 49.3 Å². The Bertz CT molecular complexity index is 1170. The highest BCUT2D eigenvalue weighted by molar-refractivity contribution is 9.09. The summed E-state index contributed by atoms with van der Waals surface area (Å²) in [5, 5.41) is 1.18. The summed E-state index contributed by atoms with van der Waals surface area (Å²) in [7, 11) is 0. The Kier molecular flexibility index (Phi) is 16.3. The Labute approximate surface area is 293 Å². The van der Waals surface area contributed by atoms with Crippen LogP contribution in [0, 0.1) is 16.2 Å². The molecule has 1 unspecified atom stereocenters. The highest BCUT2D eigenvalue weighted by Gasteiger charge is 2.47. The molecule has 14 heteroatoms. The van der Waals surface area contributed by atoms with E-state index in [4.69, 9.17) is 33.2 Å². The molecule has 264 valence electrons. The molecule has 1 heterocycles. The fourth-order valence-electron chi connectivity index (χ4n) is 3.93. The van der Waals surface area contributed by atoms with Gasteiger partial charge in [0.25, 0.3) is 0 Å². The molecule has 0 spiro atoms. The summed E-state index contributed by atoms with van der Waals surface area (Å²) >= 11 is 6.51. The van der Waals surface area contributed by atoms with E-state index < -0.39 is 78.3 Å². The van der Waals surface area contributed by atoms with E-state index in [9.17, 15) is 24.0 Å². The number of benzene rings is 1. The second-order valence-electron chi connectivity index (χ2n) is 12.8. The first-order chi connectivity index (χ1) is 22.1. The summed E-state index contributed by atoms with van der Waals surface area (Å²) in [5.41, 5.74) is -3.67. The van der Waals surface area contributed by atoms with Gasteiger partial charge in [0.2, 0.25) is 0 Å². The molecule has 0 amide bonds. The second-order valence-corrected chi connectivity index (χ2v) is 14.4. The number of carbonyl (C=O) groups excluding carboxylic acids is 5. The van der Waals surface area contributed by atoms with Crippen molar-refractivity contribution in [2.75, 3.05) is 50.3 Å². The molecule has 1 aromatic carbocycles. The van der Waals surface area contributed by atoms with E-state index in [-0.39, 0.29) is 32.7 Å². The lowest BCUT2D eigenvalue weighted by atomic mass is 9.90. The van der Waals surface area contributed by atoms with Crippen LogP contribution >= 0.6 is 31.9 Å². The summed E-state index contributed by atoms with van der Waals surface area (Å²) < 4.78 is 38.8. The second kappa shape index (κ2) is 18.8. The molecule has 0 aromatic heterocycles. The van der Waals surface area contributed by atoms with Crippen molar-refractivity contribution in [3.63, 3.8) is 0 Å². The maximum atomic E-state index is 13.6. The number of ether oxygens (including phenoxy) is 7. The van der Waals surface area contributed by atoms with Crippen LogP contribution in [-0.2, 0) is 63.7 Å². The topological polar surface area (TPSA) is 150 Å². The van der Waals surface area contributed by atoms with Gasteiger partial charge >= 0.3 is 29.8 Å². The number of alkyl halides is 2. The molecule has 1 atom stereocenters. The lowest BCUT2D eigenvalue weighted by molar-refractivity contribution is -0.281. The Morgan fingerprint density at radius 3 is 1.64 bits per heavy atom. The van der Waals surface area contributed by atoms with E-state index in [1.807, 2.05) is 6.07 Å². The first-order valence-corrected chi connectivity index (χ1v) is 17.6. The van der Waals surface area contributed by atoms with Crippen LogP contribution < -0.4 is 0 Å². The van der Waals surface area contributed by atoms with Crippen LogP contribution in [0.25, 0.3) is 0 Å². The Morgan fingerprint density at radius 1 is 0.702 bits per heavy atom. The normalized spacial score (nSPS) is 16.7. The smallest absolute Gasteiger partial charge is 0.319 e. The highest BCUT2D eigenvalue weighted by atomic mass is 79.9. The third-order valence-corrected chi connectivity index (χ3v) is 8.47. The summed E-state index contributed by atoms with van der Waals surface area (Å²) in [6.45, 7) is 6.03. The fourth-order valence-corrected chi connectivity index (χ4v) is 4.49. The molecule has 0 saturated carbocycles. The van der Waals surface area contributed by atoms with Gasteiger partial charge in [-0.05, 0) is 53.0 Å². The molecular weight excluding hydrogens is 748 g/mol. The number of carbonyl (C=O) groups is 5. The number of esters is 5. The largest absolute Gasteiger partial charge is 0.464 e. The number of hydrogen-bond donors (Lipinski definition) is 0. The average molecular weight is 795 g/mol. The molecule has 2 rings (SSSR count). The van der Waals surface area contributed by atoms with Gasteiger partial charge in [-0.2, -0.15) is 0 Å². The minimum Gasteiger partial charge on any atom is -0.464 e. The summed E-state index contributed by atoms with van der Waals surface area (Å²) in [5.74, 6) is -4.28. The quantitative estimate of drug-likeness (QED) is 0.105. The van der Waals surface area contributed by atoms with E-state index in [1.54, 1.807) is 45.0 Å². The Morgan fingerprint density at radius 2 is 1.15 bits per heavy atom. The zero-order chi connectivity index (χ0) is 35.1. The first kappa shape index (κ1) is 40.6.